The highest BCUT2D eigenvalue weighted by Gasteiger charge is 2.58. The van der Waals surface area contributed by atoms with Gasteiger partial charge in [0.15, 0.2) is 0 Å². The predicted molar refractivity (Wildman–Crippen MR) is 129 cm³/mol. The van der Waals surface area contributed by atoms with Crippen molar-refractivity contribution >= 4 is 17.7 Å². The highest BCUT2D eigenvalue weighted by molar-refractivity contribution is 5.97. The number of carbonyl (C=O) groups is 3. The van der Waals surface area contributed by atoms with E-state index in [1.165, 1.54) is 0 Å². The van der Waals surface area contributed by atoms with Crippen LogP contribution in [0.3, 0.4) is 0 Å². The molecule has 3 N–H and O–H groups in total. The zero-order chi connectivity index (χ0) is 24.8. The summed E-state index contributed by atoms with van der Waals surface area (Å²) in [5.41, 5.74) is 0. The van der Waals surface area contributed by atoms with Crippen LogP contribution in [0.2, 0.25) is 0 Å². The van der Waals surface area contributed by atoms with E-state index in [9.17, 15) is 19.5 Å². The van der Waals surface area contributed by atoms with Gasteiger partial charge in [-0.3, -0.25) is 19.3 Å². The molecular weight excluding hydrogens is 436 g/mol. The average Bonchev–Trinajstić information content (AvgIpc) is 3.16. The Labute approximate surface area is 203 Å². The van der Waals surface area contributed by atoms with Gasteiger partial charge in [0.2, 0.25) is 17.7 Å². The van der Waals surface area contributed by atoms with E-state index in [-0.39, 0.29) is 36.2 Å². The second-order valence-corrected chi connectivity index (χ2v) is 9.77. The smallest absolute Gasteiger partial charge is 0.243 e. The first kappa shape index (κ1) is 26.6. The molecule has 192 valence electrons. The Bertz CT molecular complexity index is 754. The Balaban J connectivity index is 1.88. The highest BCUT2D eigenvalue weighted by Crippen LogP contribution is 2.46. The molecule has 9 heteroatoms. The number of ether oxygens (including phenoxy) is 1. The fraction of sp³-hybridized carbons (Fsp3) is 0.800. The topological polar surface area (TPSA) is 111 Å². The molecule has 7 atom stereocenters. The number of aliphatic hydroxyl groups is 1. The zero-order valence-corrected chi connectivity index (χ0v) is 21.0. The number of likely N-dealkylation sites (tertiary alicyclic amines) is 1. The van der Waals surface area contributed by atoms with Crippen LogP contribution in [0.25, 0.3) is 0 Å². The third-order valence-electron chi connectivity index (χ3n) is 8.01. The molecule has 3 aliphatic rings. The van der Waals surface area contributed by atoms with Crippen LogP contribution in [-0.2, 0) is 19.1 Å². The number of morpholine rings is 1. The van der Waals surface area contributed by atoms with Crippen LogP contribution in [0.15, 0.2) is 12.2 Å². The maximum atomic E-state index is 13.9. The fourth-order valence-electron chi connectivity index (χ4n) is 5.80. The number of fused-ring (bicyclic) bond motifs is 1. The minimum atomic E-state index is -0.741. The van der Waals surface area contributed by atoms with Gasteiger partial charge >= 0.3 is 0 Å². The van der Waals surface area contributed by atoms with Crippen molar-refractivity contribution in [3.05, 3.63) is 12.2 Å². The minimum Gasteiger partial charge on any atom is -0.394 e. The van der Waals surface area contributed by atoms with Gasteiger partial charge in [-0.2, -0.15) is 0 Å². The van der Waals surface area contributed by atoms with E-state index in [0.717, 1.165) is 25.9 Å². The average molecular weight is 479 g/mol. The maximum Gasteiger partial charge on any atom is 0.243 e. The number of hydrogen-bond donors (Lipinski definition) is 3. The zero-order valence-electron chi connectivity index (χ0n) is 21.0. The van der Waals surface area contributed by atoms with Gasteiger partial charge < -0.3 is 25.4 Å². The molecule has 3 rings (SSSR count). The van der Waals surface area contributed by atoms with Crippen molar-refractivity contribution in [1.29, 1.82) is 0 Å². The van der Waals surface area contributed by atoms with E-state index in [0.29, 0.717) is 26.3 Å². The predicted octanol–water partition coefficient (Wildman–Crippen LogP) is 0.243. The number of nitrogens with zero attached hydrogens (tertiary/aromatic N) is 2. The van der Waals surface area contributed by atoms with Crippen LogP contribution in [0.5, 0.6) is 0 Å². The lowest BCUT2D eigenvalue weighted by atomic mass is 9.69. The van der Waals surface area contributed by atoms with Crippen molar-refractivity contribution in [3.63, 3.8) is 0 Å². The molecule has 2 aliphatic heterocycles. The van der Waals surface area contributed by atoms with Crippen LogP contribution < -0.4 is 10.6 Å². The number of rotatable bonds is 10. The van der Waals surface area contributed by atoms with E-state index in [1.807, 2.05) is 32.9 Å². The van der Waals surface area contributed by atoms with Crippen molar-refractivity contribution in [2.24, 2.45) is 29.6 Å². The van der Waals surface area contributed by atoms with Crippen molar-refractivity contribution in [1.82, 2.24) is 20.4 Å². The lowest BCUT2D eigenvalue weighted by molar-refractivity contribution is -0.144. The molecule has 0 aromatic carbocycles. The van der Waals surface area contributed by atoms with Crippen LogP contribution in [-0.4, -0.2) is 97.8 Å². The van der Waals surface area contributed by atoms with Crippen LogP contribution in [0, 0.1) is 29.6 Å². The summed E-state index contributed by atoms with van der Waals surface area (Å²) in [5, 5.41) is 16.0. The van der Waals surface area contributed by atoms with Gasteiger partial charge in [0, 0.05) is 39.1 Å². The highest BCUT2D eigenvalue weighted by atomic mass is 16.5. The quantitative estimate of drug-likeness (QED) is 0.388. The van der Waals surface area contributed by atoms with Gasteiger partial charge in [-0.05, 0) is 18.3 Å². The van der Waals surface area contributed by atoms with E-state index in [2.05, 4.69) is 15.5 Å². The van der Waals surface area contributed by atoms with Crippen LogP contribution in [0.4, 0.5) is 0 Å². The molecule has 0 aromatic heterocycles. The Morgan fingerprint density at radius 3 is 2.50 bits per heavy atom. The Morgan fingerprint density at radius 2 is 1.91 bits per heavy atom. The molecule has 2 heterocycles. The lowest BCUT2D eigenvalue weighted by Crippen LogP contribution is -2.55. The summed E-state index contributed by atoms with van der Waals surface area (Å²) >= 11 is 0. The molecule has 1 aliphatic carbocycles. The van der Waals surface area contributed by atoms with E-state index >= 15 is 0 Å². The number of hydrogen-bond acceptors (Lipinski definition) is 6. The summed E-state index contributed by atoms with van der Waals surface area (Å²) in [7, 11) is 1.59. The molecule has 2 saturated heterocycles. The van der Waals surface area contributed by atoms with Gasteiger partial charge in [-0.25, -0.2) is 0 Å². The van der Waals surface area contributed by atoms with Gasteiger partial charge in [-0.15, -0.1) is 0 Å². The fourth-order valence-corrected chi connectivity index (χ4v) is 5.80. The maximum absolute atomic E-state index is 13.9. The van der Waals surface area contributed by atoms with Gasteiger partial charge in [0.1, 0.15) is 6.04 Å². The first-order valence-corrected chi connectivity index (χ1v) is 12.8. The van der Waals surface area contributed by atoms with Gasteiger partial charge in [0.05, 0.1) is 37.7 Å². The van der Waals surface area contributed by atoms with E-state index in [1.54, 1.807) is 11.9 Å². The Kier molecular flexibility index (Phi) is 9.50. The van der Waals surface area contributed by atoms with Gasteiger partial charge in [-0.1, -0.05) is 39.3 Å². The van der Waals surface area contributed by atoms with E-state index < -0.39 is 29.8 Å². The largest absolute Gasteiger partial charge is 0.394 e. The molecule has 0 saturated carbocycles. The molecule has 0 aromatic rings. The normalized spacial score (nSPS) is 31.1. The molecular formula is C25H42N4O5. The summed E-state index contributed by atoms with van der Waals surface area (Å²) in [6, 6.07) is -1.22. The second-order valence-electron chi connectivity index (χ2n) is 9.77. The third-order valence-corrected chi connectivity index (χ3v) is 8.01. The molecule has 2 fully saturated rings. The number of nitrogens with one attached hydrogen (secondary N) is 2. The SMILES string of the molecule is CC[C@H](C)[C@H](CO)N1C(=O)[C@H]2[C@H](C=C[C@@H](CC)[C@H]2C(=O)NC)[C@H]1C(=O)NCCN1CCOCC1. The molecule has 34 heavy (non-hydrogen) atoms. The first-order valence-electron chi connectivity index (χ1n) is 12.8. The van der Waals surface area contributed by atoms with Gasteiger partial charge in [0.25, 0.3) is 0 Å². The number of amides is 3. The summed E-state index contributed by atoms with van der Waals surface area (Å²) in [6.45, 7) is 10.0. The minimum absolute atomic E-state index is 0.0159. The molecule has 3 amide bonds. The summed E-state index contributed by atoms with van der Waals surface area (Å²) in [4.78, 5) is 44.2. The van der Waals surface area contributed by atoms with E-state index in [4.69, 9.17) is 4.74 Å². The number of allylic oxidation sites excluding steroid dienone is 1. The lowest BCUT2D eigenvalue weighted by Gasteiger charge is -2.36. The summed E-state index contributed by atoms with van der Waals surface area (Å²) < 4.78 is 5.38. The first-order chi connectivity index (χ1) is 16.4. The Hall–Kier alpha value is -1.97. The second kappa shape index (κ2) is 12.1. The molecule has 0 unspecified atom stereocenters. The summed E-state index contributed by atoms with van der Waals surface area (Å²) in [5.74, 6) is -2.17. The summed E-state index contributed by atoms with van der Waals surface area (Å²) in [6.07, 6.45) is 5.47. The molecule has 0 spiro atoms. The van der Waals surface area contributed by atoms with Crippen molar-refractivity contribution in [2.45, 2.75) is 45.7 Å². The monoisotopic (exact) mass is 478 g/mol. The van der Waals surface area contributed by atoms with Crippen LogP contribution >= 0.6 is 0 Å². The molecule has 0 bridgehead atoms. The van der Waals surface area contributed by atoms with Crippen molar-refractivity contribution < 1.29 is 24.2 Å². The third kappa shape index (κ3) is 5.31. The number of aliphatic hydroxyl groups excluding tert-OH is 1. The number of carbonyl (C=O) groups excluding carboxylic acids is 3. The van der Waals surface area contributed by atoms with Crippen molar-refractivity contribution in [3.8, 4) is 0 Å². The van der Waals surface area contributed by atoms with Crippen molar-refractivity contribution in [2.75, 3.05) is 53.0 Å². The Morgan fingerprint density at radius 1 is 1.21 bits per heavy atom. The standard InChI is InChI=1S/C25H42N4O5/c1-5-16(3)19(15-30)29-22(24(32)27-9-10-28-11-13-34-14-12-28)18-8-7-17(6-2)20(23(31)26-4)21(18)25(29)33/h7-8,16-22,30H,5-6,9-15H2,1-4H3,(H,26,31)(H,27,32)/t16-,17+,18-,19-,20+,21-,22-/m0/s1. The molecule has 9 nitrogen and oxygen atoms in total. The molecule has 0 radical (unpaired) electrons. The van der Waals surface area contributed by atoms with Crippen LogP contribution in [0.1, 0.15) is 33.6 Å².